The lowest BCUT2D eigenvalue weighted by Gasteiger charge is -2.41. The number of primary amides is 1. The number of carbonyl (C=O) groups excluding carboxylic acids is 2. The van der Waals surface area contributed by atoms with E-state index in [0.29, 0.717) is 30.9 Å². The number of aromatic nitrogens is 2. The van der Waals surface area contributed by atoms with Crippen LogP contribution in [-0.2, 0) is 9.53 Å². The van der Waals surface area contributed by atoms with Crippen LogP contribution in [-0.4, -0.2) is 52.5 Å². The molecule has 0 aromatic carbocycles. The summed E-state index contributed by atoms with van der Waals surface area (Å²) < 4.78 is 5.63. The second-order valence-electron chi connectivity index (χ2n) is 5.73. The van der Waals surface area contributed by atoms with Crippen molar-refractivity contribution in [2.24, 2.45) is 5.73 Å². The van der Waals surface area contributed by atoms with Crippen LogP contribution in [0, 0.1) is 6.92 Å². The normalized spacial score (nSPS) is 21.6. The third-order valence-electron chi connectivity index (χ3n) is 4.06. The molecular weight excluding hydrogens is 284 g/mol. The van der Waals surface area contributed by atoms with Crippen LogP contribution in [0.15, 0.2) is 12.4 Å². The zero-order valence-electron chi connectivity index (χ0n) is 13.0. The molecule has 0 aliphatic carbocycles. The Bertz CT molecular complexity index is 563. The molecule has 0 saturated carbocycles. The lowest BCUT2D eigenvalue weighted by atomic mass is 9.87. The summed E-state index contributed by atoms with van der Waals surface area (Å²) in [6.45, 7) is 2.88. The zero-order chi connectivity index (χ0) is 16.2. The third-order valence-corrected chi connectivity index (χ3v) is 4.06. The van der Waals surface area contributed by atoms with Crippen molar-refractivity contribution >= 4 is 11.8 Å². The Morgan fingerprint density at radius 3 is 2.86 bits per heavy atom. The maximum atomic E-state index is 12.6. The quantitative estimate of drug-likeness (QED) is 0.862. The highest BCUT2D eigenvalue weighted by Gasteiger charge is 2.37. The Labute approximate surface area is 129 Å². The Balaban J connectivity index is 2.11. The number of piperidine rings is 1. The van der Waals surface area contributed by atoms with Gasteiger partial charge in [-0.2, -0.15) is 0 Å². The molecule has 7 heteroatoms. The second kappa shape index (κ2) is 6.83. The van der Waals surface area contributed by atoms with Crippen molar-refractivity contribution in [2.45, 2.75) is 38.2 Å². The van der Waals surface area contributed by atoms with Gasteiger partial charge < -0.3 is 15.4 Å². The highest BCUT2D eigenvalue weighted by molar-refractivity contribution is 5.92. The standard InChI is InChI=1S/C15H22N4O3/c1-11-8-17-9-12(18-11)14(21)19-7-3-5-15(10-19,22-2)6-4-13(16)20/h8-9H,3-7,10H2,1-2H3,(H2,16,20)/t15-/m0/s1. The van der Waals surface area contributed by atoms with E-state index >= 15 is 0 Å². The predicted molar refractivity (Wildman–Crippen MR) is 80.1 cm³/mol. The van der Waals surface area contributed by atoms with Gasteiger partial charge in [-0.15, -0.1) is 0 Å². The third kappa shape index (κ3) is 3.79. The molecule has 1 fully saturated rings. The van der Waals surface area contributed by atoms with E-state index in [2.05, 4.69) is 9.97 Å². The van der Waals surface area contributed by atoms with Crippen molar-refractivity contribution in [3.05, 3.63) is 23.8 Å². The number of amides is 2. The minimum Gasteiger partial charge on any atom is -0.376 e. The van der Waals surface area contributed by atoms with E-state index in [-0.39, 0.29) is 18.2 Å². The van der Waals surface area contributed by atoms with Crippen LogP contribution in [0.4, 0.5) is 0 Å². The van der Waals surface area contributed by atoms with E-state index in [1.165, 1.54) is 6.20 Å². The van der Waals surface area contributed by atoms with Crippen LogP contribution in [0.5, 0.6) is 0 Å². The van der Waals surface area contributed by atoms with Gasteiger partial charge in [-0.1, -0.05) is 0 Å². The first kappa shape index (κ1) is 16.4. The molecule has 0 unspecified atom stereocenters. The number of nitrogens with zero attached hydrogens (tertiary/aromatic N) is 3. The highest BCUT2D eigenvalue weighted by Crippen LogP contribution is 2.29. The molecule has 1 saturated heterocycles. The summed E-state index contributed by atoms with van der Waals surface area (Å²) in [6, 6.07) is 0. The smallest absolute Gasteiger partial charge is 0.274 e. The van der Waals surface area contributed by atoms with E-state index in [9.17, 15) is 9.59 Å². The fourth-order valence-corrected chi connectivity index (χ4v) is 2.82. The second-order valence-corrected chi connectivity index (χ2v) is 5.73. The number of ether oxygens (including phenoxy) is 1. The molecule has 7 nitrogen and oxygen atoms in total. The minimum atomic E-state index is -0.514. The molecule has 1 aliphatic rings. The Hall–Kier alpha value is -2.02. The van der Waals surface area contributed by atoms with Crippen LogP contribution >= 0.6 is 0 Å². The maximum Gasteiger partial charge on any atom is 0.274 e. The van der Waals surface area contributed by atoms with E-state index in [1.807, 2.05) is 0 Å². The Morgan fingerprint density at radius 1 is 1.45 bits per heavy atom. The summed E-state index contributed by atoms with van der Waals surface area (Å²) in [4.78, 5) is 33.6. The van der Waals surface area contributed by atoms with Gasteiger partial charge in [0.15, 0.2) is 0 Å². The monoisotopic (exact) mass is 306 g/mol. The van der Waals surface area contributed by atoms with Gasteiger partial charge in [-0.3, -0.25) is 14.6 Å². The lowest BCUT2D eigenvalue weighted by molar-refractivity contribution is -0.121. The number of hydrogen-bond donors (Lipinski definition) is 1. The van der Waals surface area contributed by atoms with Gasteiger partial charge in [-0.25, -0.2) is 4.98 Å². The van der Waals surface area contributed by atoms with E-state index < -0.39 is 5.60 Å². The van der Waals surface area contributed by atoms with Gasteiger partial charge in [0.05, 0.1) is 24.0 Å². The van der Waals surface area contributed by atoms with Crippen LogP contribution in [0.25, 0.3) is 0 Å². The lowest BCUT2D eigenvalue weighted by Crippen LogP contribution is -2.51. The van der Waals surface area contributed by atoms with Crippen molar-refractivity contribution in [2.75, 3.05) is 20.2 Å². The summed E-state index contributed by atoms with van der Waals surface area (Å²) in [7, 11) is 1.61. The average molecular weight is 306 g/mol. The number of nitrogens with two attached hydrogens (primary N) is 1. The van der Waals surface area contributed by atoms with Crippen LogP contribution in [0.3, 0.4) is 0 Å². The molecule has 0 spiro atoms. The Morgan fingerprint density at radius 2 is 2.23 bits per heavy atom. The topological polar surface area (TPSA) is 98.4 Å². The number of likely N-dealkylation sites (tertiary alicyclic amines) is 1. The molecule has 22 heavy (non-hydrogen) atoms. The van der Waals surface area contributed by atoms with Gasteiger partial charge in [-0.05, 0) is 26.2 Å². The number of carbonyl (C=O) groups is 2. The SMILES string of the molecule is CO[C@]1(CCC(N)=O)CCCN(C(=O)c2cncc(C)n2)C1. The van der Waals surface area contributed by atoms with Crippen LogP contribution in [0.2, 0.25) is 0 Å². The number of rotatable bonds is 5. The molecule has 0 bridgehead atoms. The first-order valence-electron chi connectivity index (χ1n) is 7.37. The zero-order valence-corrected chi connectivity index (χ0v) is 13.0. The fourth-order valence-electron chi connectivity index (χ4n) is 2.82. The summed E-state index contributed by atoms with van der Waals surface area (Å²) in [5.74, 6) is -0.513. The number of aryl methyl sites for hydroxylation is 1. The van der Waals surface area contributed by atoms with Crippen molar-refractivity contribution < 1.29 is 14.3 Å². The summed E-state index contributed by atoms with van der Waals surface area (Å²) in [6.07, 6.45) is 5.47. The van der Waals surface area contributed by atoms with Gasteiger partial charge in [0.1, 0.15) is 5.69 Å². The van der Waals surface area contributed by atoms with Gasteiger partial charge in [0.2, 0.25) is 5.91 Å². The van der Waals surface area contributed by atoms with E-state index in [1.54, 1.807) is 25.1 Å². The first-order chi connectivity index (χ1) is 10.5. The molecule has 2 heterocycles. The largest absolute Gasteiger partial charge is 0.376 e. The average Bonchev–Trinajstić information content (AvgIpc) is 2.52. The first-order valence-corrected chi connectivity index (χ1v) is 7.37. The van der Waals surface area contributed by atoms with Crippen LogP contribution < -0.4 is 5.73 Å². The van der Waals surface area contributed by atoms with Gasteiger partial charge in [0, 0.05) is 26.3 Å². The fraction of sp³-hybridized carbons (Fsp3) is 0.600. The molecule has 2 amide bonds. The summed E-state index contributed by atoms with van der Waals surface area (Å²) in [5.41, 5.74) is 5.76. The summed E-state index contributed by atoms with van der Waals surface area (Å²) >= 11 is 0. The molecule has 1 aromatic heterocycles. The van der Waals surface area contributed by atoms with E-state index in [0.717, 1.165) is 12.8 Å². The van der Waals surface area contributed by atoms with Crippen molar-refractivity contribution in [3.8, 4) is 0 Å². The van der Waals surface area contributed by atoms with Crippen molar-refractivity contribution in [3.63, 3.8) is 0 Å². The molecular formula is C15H22N4O3. The van der Waals surface area contributed by atoms with Gasteiger partial charge in [0.25, 0.3) is 5.91 Å². The molecule has 2 rings (SSSR count). The minimum absolute atomic E-state index is 0.156. The molecule has 1 aromatic rings. The van der Waals surface area contributed by atoms with Crippen LogP contribution in [0.1, 0.15) is 41.9 Å². The maximum absolute atomic E-state index is 12.6. The van der Waals surface area contributed by atoms with Gasteiger partial charge >= 0.3 is 0 Å². The highest BCUT2D eigenvalue weighted by atomic mass is 16.5. The van der Waals surface area contributed by atoms with E-state index in [4.69, 9.17) is 10.5 Å². The number of methoxy groups -OCH3 is 1. The molecule has 0 radical (unpaired) electrons. The molecule has 120 valence electrons. The number of hydrogen-bond acceptors (Lipinski definition) is 5. The summed E-state index contributed by atoms with van der Waals surface area (Å²) in [5, 5.41) is 0. The van der Waals surface area contributed by atoms with Crippen molar-refractivity contribution in [1.29, 1.82) is 0 Å². The predicted octanol–water partition coefficient (Wildman–Crippen LogP) is 0.672. The Kier molecular flexibility index (Phi) is 5.07. The molecule has 2 N–H and O–H groups in total. The molecule has 1 aliphatic heterocycles. The van der Waals surface area contributed by atoms with Crippen molar-refractivity contribution in [1.82, 2.24) is 14.9 Å². The molecule has 1 atom stereocenters.